The van der Waals surface area contributed by atoms with Gasteiger partial charge in [-0.2, -0.15) is 0 Å². The van der Waals surface area contributed by atoms with E-state index in [0.29, 0.717) is 38.5 Å². The van der Waals surface area contributed by atoms with Gasteiger partial charge in [-0.1, -0.05) is 0 Å². The van der Waals surface area contributed by atoms with E-state index >= 15 is 0 Å². The summed E-state index contributed by atoms with van der Waals surface area (Å²) in [6, 6.07) is 6.22. The Morgan fingerprint density at radius 3 is 2.27 bits per heavy atom. The molecule has 1 saturated heterocycles. The minimum Gasteiger partial charge on any atom is -0.368 e. The van der Waals surface area contributed by atoms with Gasteiger partial charge >= 0.3 is 11.2 Å². The SMILES string of the molecule is CCn1c(C)nc(N2CCN(c3ccc(F)cc3)CC2)c([N+](=O)[O-])c1=O. The van der Waals surface area contributed by atoms with Crippen LogP contribution in [0.3, 0.4) is 0 Å². The molecule has 2 heterocycles. The Bertz CT molecular complexity index is 873. The Balaban J connectivity index is 1.86. The maximum absolute atomic E-state index is 13.1. The average Bonchev–Trinajstić information content (AvgIpc) is 2.62. The van der Waals surface area contributed by atoms with Crippen molar-refractivity contribution in [2.24, 2.45) is 0 Å². The molecule has 26 heavy (non-hydrogen) atoms. The van der Waals surface area contributed by atoms with Gasteiger partial charge in [-0.3, -0.25) is 19.5 Å². The van der Waals surface area contributed by atoms with Crippen LogP contribution in [-0.4, -0.2) is 40.7 Å². The first-order chi connectivity index (χ1) is 12.4. The fraction of sp³-hybridized carbons (Fsp3) is 0.412. The van der Waals surface area contributed by atoms with Crippen LogP contribution in [0.25, 0.3) is 0 Å². The van der Waals surface area contributed by atoms with E-state index in [1.807, 2.05) is 0 Å². The number of piperazine rings is 1. The molecule has 0 aliphatic carbocycles. The number of halogens is 1. The molecular weight excluding hydrogens is 341 g/mol. The summed E-state index contributed by atoms with van der Waals surface area (Å²) in [7, 11) is 0. The van der Waals surface area contributed by atoms with Crippen molar-refractivity contribution in [1.82, 2.24) is 9.55 Å². The number of nitro groups is 1. The summed E-state index contributed by atoms with van der Waals surface area (Å²) in [5.74, 6) is 0.291. The van der Waals surface area contributed by atoms with Crippen molar-refractivity contribution in [3.8, 4) is 0 Å². The Hall–Kier alpha value is -2.97. The predicted octanol–water partition coefficient (Wildman–Crippen LogP) is 1.95. The van der Waals surface area contributed by atoms with Gasteiger partial charge in [0.1, 0.15) is 11.6 Å². The number of aromatic nitrogens is 2. The lowest BCUT2D eigenvalue weighted by Crippen LogP contribution is -2.47. The number of anilines is 2. The molecule has 1 aromatic carbocycles. The minimum atomic E-state index is -0.650. The fourth-order valence-corrected chi connectivity index (χ4v) is 3.22. The number of benzene rings is 1. The zero-order valence-electron chi connectivity index (χ0n) is 14.7. The summed E-state index contributed by atoms with van der Waals surface area (Å²) >= 11 is 0. The Labute approximate surface area is 149 Å². The highest BCUT2D eigenvalue weighted by Crippen LogP contribution is 2.25. The average molecular weight is 361 g/mol. The molecule has 9 heteroatoms. The lowest BCUT2D eigenvalue weighted by molar-refractivity contribution is -0.386. The first-order valence-electron chi connectivity index (χ1n) is 8.43. The zero-order valence-corrected chi connectivity index (χ0v) is 14.7. The van der Waals surface area contributed by atoms with Gasteiger partial charge in [0.15, 0.2) is 0 Å². The summed E-state index contributed by atoms with van der Waals surface area (Å²) in [4.78, 5) is 31.4. The summed E-state index contributed by atoms with van der Waals surface area (Å²) in [5, 5.41) is 11.5. The summed E-state index contributed by atoms with van der Waals surface area (Å²) in [6.45, 7) is 5.92. The van der Waals surface area contributed by atoms with Crippen LogP contribution >= 0.6 is 0 Å². The molecule has 0 spiro atoms. The minimum absolute atomic E-state index is 0.126. The van der Waals surface area contributed by atoms with Gasteiger partial charge in [0, 0.05) is 38.4 Å². The van der Waals surface area contributed by atoms with E-state index in [1.54, 1.807) is 30.9 Å². The van der Waals surface area contributed by atoms with E-state index in [9.17, 15) is 19.3 Å². The standard InChI is InChI=1S/C17H20FN5O3/c1-3-22-12(2)19-16(15(17(22)24)23(25)26)21-10-8-20(9-11-21)14-6-4-13(18)5-7-14/h4-7H,3,8-11H2,1-2H3. The lowest BCUT2D eigenvalue weighted by atomic mass is 10.2. The van der Waals surface area contributed by atoms with Crippen molar-refractivity contribution in [1.29, 1.82) is 0 Å². The number of hydrogen-bond donors (Lipinski definition) is 0. The summed E-state index contributed by atoms with van der Waals surface area (Å²) in [6.07, 6.45) is 0. The first-order valence-corrected chi connectivity index (χ1v) is 8.43. The molecule has 0 unspecified atom stereocenters. The third-order valence-electron chi connectivity index (χ3n) is 4.59. The molecule has 1 aliphatic heterocycles. The molecule has 3 rings (SSSR count). The van der Waals surface area contributed by atoms with Crippen LogP contribution in [0.1, 0.15) is 12.7 Å². The smallest absolute Gasteiger partial charge is 0.368 e. The molecule has 1 aliphatic rings. The second-order valence-electron chi connectivity index (χ2n) is 6.09. The molecule has 0 radical (unpaired) electrons. The van der Waals surface area contributed by atoms with Crippen LogP contribution in [0.5, 0.6) is 0 Å². The van der Waals surface area contributed by atoms with Crippen molar-refractivity contribution in [3.63, 3.8) is 0 Å². The maximum atomic E-state index is 13.1. The normalized spacial score (nSPS) is 14.6. The Morgan fingerprint density at radius 2 is 1.73 bits per heavy atom. The van der Waals surface area contributed by atoms with Crippen LogP contribution in [0, 0.1) is 22.9 Å². The second kappa shape index (κ2) is 7.11. The topological polar surface area (TPSA) is 84.5 Å². The monoisotopic (exact) mass is 361 g/mol. The zero-order chi connectivity index (χ0) is 18.8. The third kappa shape index (κ3) is 3.24. The van der Waals surface area contributed by atoms with Crippen molar-refractivity contribution >= 4 is 17.2 Å². The van der Waals surface area contributed by atoms with E-state index in [2.05, 4.69) is 9.88 Å². The van der Waals surface area contributed by atoms with Gasteiger partial charge in [-0.25, -0.2) is 9.37 Å². The number of hydrogen-bond acceptors (Lipinski definition) is 6. The molecule has 1 aromatic heterocycles. The van der Waals surface area contributed by atoms with Gasteiger partial charge in [0.05, 0.1) is 4.92 Å². The third-order valence-corrected chi connectivity index (χ3v) is 4.59. The van der Waals surface area contributed by atoms with E-state index in [4.69, 9.17) is 0 Å². The van der Waals surface area contributed by atoms with Gasteiger partial charge in [-0.15, -0.1) is 0 Å². The highest BCUT2D eigenvalue weighted by atomic mass is 19.1. The van der Waals surface area contributed by atoms with E-state index in [0.717, 1.165) is 5.69 Å². The maximum Gasteiger partial charge on any atom is 0.376 e. The molecule has 0 atom stereocenters. The van der Waals surface area contributed by atoms with Crippen LogP contribution in [-0.2, 0) is 6.54 Å². The van der Waals surface area contributed by atoms with E-state index < -0.39 is 16.2 Å². The van der Waals surface area contributed by atoms with Crippen molar-refractivity contribution in [2.45, 2.75) is 20.4 Å². The molecule has 0 bridgehead atoms. The summed E-state index contributed by atoms with van der Waals surface area (Å²) in [5.41, 5.74) is -0.209. The van der Waals surface area contributed by atoms with E-state index in [-0.39, 0.29) is 11.6 Å². The van der Waals surface area contributed by atoms with Gasteiger partial charge < -0.3 is 9.80 Å². The molecule has 0 N–H and O–H groups in total. The number of nitrogens with zero attached hydrogens (tertiary/aromatic N) is 5. The molecule has 2 aromatic rings. The van der Waals surface area contributed by atoms with Gasteiger partial charge in [0.25, 0.3) is 0 Å². The van der Waals surface area contributed by atoms with Gasteiger partial charge in [-0.05, 0) is 38.1 Å². The quantitative estimate of drug-likeness (QED) is 0.611. The molecule has 138 valence electrons. The summed E-state index contributed by atoms with van der Waals surface area (Å²) < 4.78 is 14.4. The Kier molecular flexibility index (Phi) is 4.88. The predicted molar refractivity (Wildman–Crippen MR) is 96.4 cm³/mol. The van der Waals surface area contributed by atoms with Gasteiger partial charge in [0.2, 0.25) is 5.82 Å². The number of aryl methyl sites for hydroxylation is 1. The van der Waals surface area contributed by atoms with E-state index in [1.165, 1.54) is 16.7 Å². The highest BCUT2D eigenvalue weighted by molar-refractivity contribution is 5.58. The van der Waals surface area contributed by atoms with Crippen LogP contribution in [0.15, 0.2) is 29.1 Å². The first kappa shape index (κ1) is 17.8. The molecular formula is C17H20FN5O3. The molecule has 1 fully saturated rings. The van der Waals surface area contributed by atoms with Crippen LogP contribution in [0.2, 0.25) is 0 Å². The highest BCUT2D eigenvalue weighted by Gasteiger charge is 2.30. The van der Waals surface area contributed by atoms with Crippen LogP contribution < -0.4 is 15.4 Å². The molecule has 8 nitrogen and oxygen atoms in total. The molecule has 0 saturated carbocycles. The van der Waals surface area contributed by atoms with Crippen molar-refractivity contribution in [2.75, 3.05) is 36.0 Å². The fourth-order valence-electron chi connectivity index (χ4n) is 3.22. The van der Waals surface area contributed by atoms with Crippen molar-refractivity contribution in [3.05, 3.63) is 56.4 Å². The van der Waals surface area contributed by atoms with Crippen LogP contribution in [0.4, 0.5) is 21.6 Å². The second-order valence-corrected chi connectivity index (χ2v) is 6.09. The Morgan fingerprint density at radius 1 is 1.15 bits per heavy atom. The lowest BCUT2D eigenvalue weighted by Gasteiger charge is -2.36. The van der Waals surface area contributed by atoms with Crippen molar-refractivity contribution < 1.29 is 9.31 Å². The molecule has 0 amide bonds. The number of rotatable bonds is 4. The largest absolute Gasteiger partial charge is 0.376 e.